The zero-order chi connectivity index (χ0) is 11.3. The molecule has 15 heavy (non-hydrogen) atoms. The lowest BCUT2D eigenvalue weighted by molar-refractivity contribution is 0.533. The summed E-state index contributed by atoms with van der Waals surface area (Å²) < 4.78 is 33.8. The molecule has 0 unspecified atom stereocenters. The van der Waals surface area contributed by atoms with Crippen LogP contribution in [0.3, 0.4) is 0 Å². The molecule has 0 aliphatic rings. The molecule has 0 aliphatic heterocycles. The fourth-order valence-corrected chi connectivity index (χ4v) is 2.96. The Bertz CT molecular complexity index is 420. The SMILES string of the molecule is O=S(=O)(Cl)Cc1ccccc1SCCF. The van der Waals surface area contributed by atoms with E-state index in [1.807, 2.05) is 0 Å². The fourth-order valence-electron chi connectivity index (χ4n) is 1.10. The summed E-state index contributed by atoms with van der Waals surface area (Å²) in [5.74, 6) is 0.101. The van der Waals surface area contributed by atoms with E-state index in [4.69, 9.17) is 10.7 Å². The van der Waals surface area contributed by atoms with Gasteiger partial charge in [0, 0.05) is 21.3 Å². The van der Waals surface area contributed by atoms with Crippen LogP contribution in [-0.4, -0.2) is 20.8 Å². The van der Waals surface area contributed by atoms with Gasteiger partial charge < -0.3 is 0 Å². The van der Waals surface area contributed by atoms with Gasteiger partial charge >= 0.3 is 0 Å². The van der Waals surface area contributed by atoms with Gasteiger partial charge in [-0.25, -0.2) is 8.42 Å². The molecule has 2 nitrogen and oxygen atoms in total. The summed E-state index contributed by atoms with van der Waals surface area (Å²) in [5, 5.41) is 0. The Kier molecular flexibility index (Phi) is 4.89. The average Bonchev–Trinajstić information content (AvgIpc) is 2.14. The molecule has 1 aromatic rings. The van der Waals surface area contributed by atoms with Crippen molar-refractivity contribution in [1.82, 2.24) is 0 Å². The van der Waals surface area contributed by atoms with Gasteiger partial charge in [0.2, 0.25) is 9.05 Å². The third kappa shape index (κ3) is 4.86. The van der Waals surface area contributed by atoms with Gasteiger partial charge in [0.25, 0.3) is 0 Å². The van der Waals surface area contributed by atoms with E-state index in [0.29, 0.717) is 11.3 Å². The van der Waals surface area contributed by atoms with E-state index in [9.17, 15) is 12.8 Å². The first-order chi connectivity index (χ1) is 7.03. The number of hydrogen-bond acceptors (Lipinski definition) is 3. The summed E-state index contributed by atoms with van der Waals surface area (Å²) in [6.45, 7) is -0.438. The second kappa shape index (κ2) is 5.72. The van der Waals surface area contributed by atoms with Crippen molar-refractivity contribution in [3.05, 3.63) is 29.8 Å². The minimum absolute atomic E-state index is 0.218. The molecule has 0 bridgehead atoms. The maximum Gasteiger partial charge on any atom is 0.236 e. The molecule has 0 saturated heterocycles. The molecule has 0 fully saturated rings. The van der Waals surface area contributed by atoms with Crippen LogP contribution in [0.2, 0.25) is 0 Å². The predicted octanol–water partition coefficient (Wildman–Crippen LogP) is 2.82. The number of alkyl halides is 1. The van der Waals surface area contributed by atoms with Crippen molar-refractivity contribution >= 4 is 31.5 Å². The van der Waals surface area contributed by atoms with Crippen molar-refractivity contribution in [2.75, 3.05) is 12.4 Å². The minimum atomic E-state index is -3.56. The molecule has 0 aliphatic carbocycles. The van der Waals surface area contributed by atoms with Crippen molar-refractivity contribution in [1.29, 1.82) is 0 Å². The van der Waals surface area contributed by atoms with Gasteiger partial charge in [-0.2, -0.15) is 0 Å². The molecule has 0 atom stereocenters. The summed E-state index contributed by atoms with van der Waals surface area (Å²) in [7, 11) is 1.60. The highest BCUT2D eigenvalue weighted by Crippen LogP contribution is 2.24. The quantitative estimate of drug-likeness (QED) is 0.608. The zero-order valence-corrected chi connectivity index (χ0v) is 10.2. The molecule has 0 heterocycles. The molecule has 0 amide bonds. The van der Waals surface area contributed by atoms with Gasteiger partial charge in [0.15, 0.2) is 0 Å². The van der Waals surface area contributed by atoms with Gasteiger partial charge in [-0.1, -0.05) is 18.2 Å². The van der Waals surface area contributed by atoms with Crippen LogP contribution in [0.1, 0.15) is 5.56 Å². The molecule has 84 valence electrons. The highest BCUT2D eigenvalue weighted by molar-refractivity contribution is 8.13. The number of rotatable bonds is 5. The third-order valence-corrected chi connectivity index (χ3v) is 3.69. The maximum absolute atomic E-state index is 12.0. The lowest BCUT2D eigenvalue weighted by atomic mass is 10.2. The van der Waals surface area contributed by atoms with Crippen LogP contribution < -0.4 is 0 Å². The normalized spacial score (nSPS) is 11.6. The molecule has 0 saturated carbocycles. The summed E-state index contributed by atoms with van der Waals surface area (Å²) in [6, 6.07) is 6.96. The summed E-state index contributed by atoms with van der Waals surface area (Å²) >= 11 is 1.29. The van der Waals surface area contributed by atoms with E-state index in [2.05, 4.69) is 0 Å². The van der Waals surface area contributed by atoms with Gasteiger partial charge in [-0.05, 0) is 11.6 Å². The Morgan fingerprint density at radius 3 is 2.60 bits per heavy atom. The lowest BCUT2D eigenvalue weighted by Gasteiger charge is -2.05. The molecule has 1 aromatic carbocycles. The van der Waals surface area contributed by atoms with Crippen LogP contribution in [0.5, 0.6) is 0 Å². The van der Waals surface area contributed by atoms with E-state index >= 15 is 0 Å². The van der Waals surface area contributed by atoms with Crippen molar-refractivity contribution < 1.29 is 12.8 Å². The maximum atomic E-state index is 12.0. The number of benzene rings is 1. The summed E-state index contributed by atoms with van der Waals surface area (Å²) in [4.78, 5) is 0.763. The van der Waals surface area contributed by atoms with Crippen LogP contribution >= 0.6 is 22.4 Å². The smallest absolute Gasteiger partial charge is 0.236 e. The largest absolute Gasteiger partial charge is 0.250 e. The fraction of sp³-hybridized carbons (Fsp3) is 0.333. The topological polar surface area (TPSA) is 34.1 Å². The highest BCUT2D eigenvalue weighted by atomic mass is 35.7. The van der Waals surface area contributed by atoms with E-state index < -0.39 is 15.7 Å². The zero-order valence-electron chi connectivity index (χ0n) is 7.82. The van der Waals surface area contributed by atoms with Gasteiger partial charge in [0.05, 0.1) is 12.4 Å². The standard InChI is InChI=1S/C9H10ClFO2S2/c10-15(12,13)7-8-3-1-2-4-9(8)14-6-5-11/h1-4H,5-7H2. The van der Waals surface area contributed by atoms with Gasteiger partial charge in [0.1, 0.15) is 0 Å². The second-order valence-corrected chi connectivity index (χ2v) is 6.74. The number of thioether (sulfide) groups is 1. The average molecular weight is 269 g/mol. The highest BCUT2D eigenvalue weighted by Gasteiger charge is 2.10. The Hall–Kier alpha value is -0.260. The Balaban J connectivity index is 2.86. The van der Waals surface area contributed by atoms with Gasteiger partial charge in [-0.3, -0.25) is 4.39 Å². The van der Waals surface area contributed by atoms with Crippen LogP contribution in [0.15, 0.2) is 29.2 Å². The van der Waals surface area contributed by atoms with E-state index in [-0.39, 0.29) is 5.75 Å². The van der Waals surface area contributed by atoms with E-state index in [1.54, 1.807) is 24.3 Å². The number of halogens is 2. The second-order valence-electron chi connectivity index (χ2n) is 2.83. The van der Waals surface area contributed by atoms with Crippen molar-refractivity contribution in [3.8, 4) is 0 Å². The first kappa shape index (κ1) is 12.8. The lowest BCUT2D eigenvalue weighted by Crippen LogP contribution is -1.97. The van der Waals surface area contributed by atoms with Crippen molar-refractivity contribution in [2.24, 2.45) is 0 Å². The molecule has 0 spiro atoms. The van der Waals surface area contributed by atoms with Gasteiger partial charge in [-0.15, -0.1) is 11.8 Å². The first-order valence-electron chi connectivity index (χ1n) is 4.22. The molecular weight excluding hydrogens is 259 g/mol. The Labute approximate surface area is 97.2 Å². The summed E-state index contributed by atoms with van der Waals surface area (Å²) in [6.07, 6.45) is 0. The van der Waals surface area contributed by atoms with Crippen molar-refractivity contribution in [2.45, 2.75) is 10.6 Å². The monoisotopic (exact) mass is 268 g/mol. The van der Waals surface area contributed by atoms with Crippen LogP contribution in [0, 0.1) is 0 Å². The molecular formula is C9H10ClFO2S2. The van der Waals surface area contributed by atoms with Crippen LogP contribution in [-0.2, 0) is 14.8 Å². The molecule has 0 N–H and O–H groups in total. The molecule has 0 radical (unpaired) electrons. The molecule has 0 aromatic heterocycles. The van der Waals surface area contributed by atoms with Crippen LogP contribution in [0.4, 0.5) is 4.39 Å². The number of hydrogen-bond donors (Lipinski definition) is 0. The predicted molar refractivity (Wildman–Crippen MR) is 61.6 cm³/mol. The van der Waals surface area contributed by atoms with Crippen LogP contribution in [0.25, 0.3) is 0 Å². The third-order valence-electron chi connectivity index (χ3n) is 1.64. The van der Waals surface area contributed by atoms with E-state index in [1.165, 1.54) is 11.8 Å². The first-order valence-corrected chi connectivity index (χ1v) is 7.68. The van der Waals surface area contributed by atoms with Crippen molar-refractivity contribution in [3.63, 3.8) is 0 Å². The molecule has 6 heteroatoms. The Morgan fingerprint density at radius 2 is 2.00 bits per heavy atom. The van der Waals surface area contributed by atoms with E-state index in [0.717, 1.165) is 4.90 Å². The molecule has 1 rings (SSSR count). The Morgan fingerprint density at radius 1 is 1.33 bits per heavy atom. The minimum Gasteiger partial charge on any atom is -0.250 e. The summed E-state index contributed by atoms with van der Waals surface area (Å²) in [5.41, 5.74) is 0.617.